The van der Waals surface area contributed by atoms with Gasteiger partial charge in [-0.15, -0.1) is 0 Å². The van der Waals surface area contributed by atoms with Crippen molar-refractivity contribution < 1.29 is 0 Å². The van der Waals surface area contributed by atoms with Crippen LogP contribution in [0.4, 0.5) is 0 Å². The molecule has 1 aliphatic rings. The molecule has 0 atom stereocenters. The number of hydrogen-bond donors (Lipinski definition) is 1. The molecule has 2 N–H and O–H groups in total. The Morgan fingerprint density at radius 2 is 2.31 bits per heavy atom. The van der Waals surface area contributed by atoms with Crippen LogP contribution in [0.25, 0.3) is 0 Å². The van der Waals surface area contributed by atoms with Crippen LogP contribution >= 0.6 is 11.8 Å². The molecule has 4 heteroatoms. The summed E-state index contributed by atoms with van der Waals surface area (Å²) in [5, 5.41) is 0. The number of aryl methyl sites for hydroxylation is 2. The van der Waals surface area contributed by atoms with Gasteiger partial charge in [0.05, 0.1) is 5.69 Å². The van der Waals surface area contributed by atoms with Crippen molar-refractivity contribution in [2.45, 2.75) is 25.6 Å². The number of hydrogen-bond acceptors (Lipinski definition) is 4. The van der Waals surface area contributed by atoms with Crippen molar-refractivity contribution in [1.29, 1.82) is 0 Å². The van der Waals surface area contributed by atoms with E-state index in [4.69, 9.17) is 5.73 Å². The number of aromatic nitrogens is 2. The van der Waals surface area contributed by atoms with Gasteiger partial charge < -0.3 is 5.73 Å². The molecular formula is C9H13N3S. The molecule has 2 heterocycles. The van der Waals surface area contributed by atoms with Gasteiger partial charge in [0.15, 0.2) is 0 Å². The molecule has 0 fully saturated rings. The molecule has 0 saturated carbocycles. The van der Waals surface area contributed by atoms with E-state index >= 15 is 0 Å². The molecular weight excluding hydrogens is 182 g/mol. The molecule has 70 valence electrons. The Bertz CT molecular complexity index is 308. The van der Waals surface area contributed by atoms with Crippen molar-refractivity contribution in [3.63, 3.8) is 0 Å². The minimum atomic E-state index is 0.534. The van der Waals surface area contributed by atoms with Gasteiger partial charge in [-0.3, -0.25) is 0 Å². The van der Waals surface area contributed by atoms with Gasteiger partial charge in [0.1, 0.15) is 5.82 Å². The first-order chi connectivity index (χ1) is 6.31. The molecule has 0 unspecified atom stereocenters. The molecule has 1 aromatic rings. The average Bonchev–Trinajstić information content (AvgIpc) is 2.16. The van der Waals surface area contributed by atoms with Crippen molar-refractivity contribution in [3.05, 3.63) is 22.8 Å². The van der Waals surface area contributed by atoms with Gasteiger partial charge in [0.2, 0.25) is 0 Å². The summed E-state index contributed by atoms with van der Waals surface area (Å²) >= 11 is 1.94. The highest BCUT2D eigenvalue weighted by atomic mass is 32.2. The van der Waals surface area contributed by atoms with E-state index in [2.05, 4.69) is 9.97 Å². The van der Waals surface area contributed by atoms with Crippen LogP contribution in [0.15, 0.2) is 0 Å². The van der Waals surface area contributed by atoms with Crippen LogP contribution in [0.2, 0.25) is 0 Å². The minimum absolute atomic E-state index is 0.534. The molecule has 0 amide bonds. The van der Waals surface area contributed by atoms with Gasteiger partial charge in [-0.25, -0.2) is 9.97 Å². The summed E-state index contributed by atoms with van der Waals surface area (Å²) in [4.78, 5) is 8.80. The second-order valence-electron chi connectivity index (χ2n) is 3.15. The summed E-state index contributed by atoms with van der Waals surface area (Å²) in [5.74, 6) is 3.06. The summed E-state index contributed by atoms with van der Waals surface area (Å²) in [5.41, 5.74) is 9.18. The maximum Gasteiger partial charge on any atom is 0.125 e. The van der Waals surface area contributed by atoms with E-state index in [0.717, 1.165) is 23.7 Å². The second-order valence-corrected chi connectivity index (χ2v) is 4.25. The molecule has 2 rings (SSSR count). The Labute approximate surface area is 82.2 Å². The third-order valence-electron chi connectivity index (χ3n) is 2.21. The quantitative estimate of drug-likeness (QED) is 0.727. The van der Waals surface area contributed by atoms with E-state index < -0.39 is 0 Å². The smallest absolute Gasteiger partial charge is 0.125 e. The number of rotatable bonds is 1. The zero-order valence-corrected chi connectivity index (χ0v) is 8.52. The first-order valence-electron chi connectivity index (χ1n) is 4.44. The average molecular weight is 195 g/mol. The number of fused-ring (bicyclic) bond motifs is 1. The Balaban J connectivity index is 2.50. The first-order valence-corrected chi connectivity index (χ1v) is 5.60. The lowest BCUT2D eigenvalue weighted by Crippen LogP contribution is -2.14. The highest BCUT2D eigenvalue weighted by Gasteiger charge is 2.15. The molecule has 13 heavy (non-hydrogen) atoms. The van der Waals surface area contributed by atoms with Crippen LogP contribution in [-0.2, 0) is 18.7 Å². The van der Waals surface area contributed by atoms with Gasteiger partial charge in [-0.05, 0) is 19.1 Å². The van der Waals surface area contributed by atoms with Crippen LogP contribution in [0.5, 0.6) is 0 Å². The van der Waals surface area contributed by atoms with Crippen LogP contribution < -0.4 is 5.73 Å². The summed E-state index contributed by atoms with van der Waals surface area (Å²) in [6, 6.07) is 0. The number of thioether (sulfide) groups is 1. The molecule has 1 aliphatic heterocycles. The Kier molecular flexibility index (Phi) is 2.51. The highest BCUT2D eigenvalue weighted by Crippen LogP contribution is 2.25. The van der Waals surface area contributed by atoms with E-state index in [1.807, 2.05) is 18.7 Å². The molecule has 0 aliphatic carbocycles. The van der Waals surface area contributed by atoms with Crippen LogP contribution in [0, 0.1) is 6.92 Å². The van der Waals surface area contributed by atoms with E-state index in [1.165, 1.54) is 17.0 Å². The van der Waals surface area contributed by atoms with Crippen molar-refractivity contribution in [3.8, 4) is 0 Å². The van der Waals surface area contributed by atoms with Crippen molar-refractivity contribution in [2.24, 2.45) is 5.73 Å². The molecule has 0 aromatic carbocycles. The van der Waals surface area contributed by atoms with Gasteiger partial charge in [0, 0.05) is 23.6 Å². The predicted molar refractivity (Wildman–Crippen MR) is 54.5 cm³/mol. The van der Waals surface area contributed by atoms with Crippen LogP contribution in [0.1, 0.15) is 22.8 Å². The summed E-state index contributed by atoms with van der Waals surface area (Å²) in [6.07, 6.45) is 1.07. The number of nitrogens with two attached hydrogens (primary N) is 1. The fourth-order valence-electron chi connectivity index (χ4n) is 1.60. The fourth-order valence-corrected chi connectivity index (χ4v) is 2.62. The highest BCUT2D eigenvalue weighted by molar-refractivity contribution is 7.98. The Hall–Kier alpha value is -0.610. The molecule has 0 bridgehead atoms. The SMILES string of the molecule is Cc1nc(CN)c2c(n1)CCSC2. The van der Waals surface area contributed by atoms with Gasteiger partial charge >= 0.3 is 0 Å². The molecule has 0 radical (unpaired) electrons. The lowest BCUT2D eigenvalue weighted by molar-refractivity contribution is 0.846. The van der Waals surface area contributed by atoms with E-state index in [0.29, 0.717) is 6.54 Å². The minimum Gasteiger partial charge on any atom is -0.325 e. The van der Waals surface area contributed by atoms with E-state index in [9.17, 15) is 0 Å². The maximum absolute atomic E-state index is 5.64. The van der Waals surface area contributed by atoms with Crippen molar-refractivity contribution in [1.82, 2.24) is 9.97 Å². The lowest BCUT2D eigenvalue weighted by Gasteiger charge is -2.17. The lowest BCUT2D eigenvalue weighted by atomic mass is 10.1. The molecule has 0 saturated heterocycles. The Morgan fingerprint density at radius 1 is 1.46 bits per heavy atom. The predicted octanol–water partition coefficient (Wildman–Crippen LogP) is 1.03. The third-order valence-corrected chi connectivity index (χ3v) is 3.20. The summed E-state index contributed by atoms with van der Waals surface area (Å²) < 4.78 is 0. The van der Waals surface area contributed by atoms with Crippen LogP contribution in [0.3, 0.4) is 0 Å². The maximum atomic E-state index is 5.64. The van der Waals surface area contributed by atoms with E-state index in [-0.39, 0.29) is 0 Å². The monoisotopic (exact) mass is 195 g/mol. The van der Waals surface area contributed by atoms with Gasteiger partial charge in [0.25, 0.3) is 0 Å². The molecule has 0 spiro atoms. The molecule has 1 aromatic heterocycles. The molecule has 3 nitrogen and oxygen atoms in total. The van der Waals surface area contributed by atoms with Crippen LogP contribution in [-0.4, -0.2) is 15.7 Å². The zero-order valence-electron chi connectivity index (χ0n) is 7.71. The first kappa shape index (κ1) is 8.97. The van der Waals surface area contributed by atoms with Gasteiger partial charge in [-0.2, -0.15) is 11.8 Å². The number of nitrogens with zero attached hydrogens (tertiary/aromatic N) is 2. The van der Waals surface area contributed by atoms with Gasteiger partial charge in [-0.1, -0.05) is 0 Å². The van der Waals surface area contributed by atoms with Crippen molar-refractivity contribution in [2.75, 3.05) is 5.75 Å². The second kappa shape index (κ2) is 3.64. The van der Waals surface area contributed by atoms with E-state index in [1.54, 1.807) is 0 Å². The topological polar surface area (TPSA) is 51.8 Å². The largest absolute Gasteiger partial charge is 0.325 e. The summed E-state index contributed by atoms with van der Waals surface area (Å²) in [7, 11) is 0. The zero-order chi connectivity index (χ0) is 9.26. The summed E-state index contributed by atoms with van der Waals surface area (Å²) in [6.45, 7) is 2.47. The fraction of sp³-hybridized carbons (Fsp3) is 0.556. The standard InChI is InChI=1S/C9H13N3S/c1-6-11-8-2-3-13-5-7(8)9(4-10)12-6/h2-5,10H2,1H3. The Morgan fingerprint density at radius 3 is 3.08 bits per heavy atom. The van der Waals surface area contributed by atoms with Crippen molar-refractivity contribution >= 4 is 11.8 Å². The normalized spacial score (nSPS) is 15.5. The third kappa shape index (κ3) is 1.69.